The van der Waals surface area contributed by atoms with Gasteiger partial charge in [0.15, 0.2) is 11.5 Å². The zero-order chi connectivity index (χ0) is 29.4. The molecule has 0 spiro atoms. The Hall–Kier alpha value is -4.32. The molecule has 0 radical (unpaired) electrons. The van der Waals surface area contributed by atoms with Gasteiger partial charge in [0.1, 0.15) is 5.82 Å². The van der Waals surface area contributed by atoms with Crippen LogP contribution in [-0.4, -0.2) is 78.4 Å². The van der Waals surface area contributed by atoms with Crippen molar-refractivity contribution in [2.75, 3.05) is 61.6 Å². The summed E-state index contributed by atoms with van der Waals surface area (Å²) in [6.07, 6.45) is 0.711. The highest BCUT2D eigenvalue weighted by molar-refractivity contribution is 5.89. The predicted octanol–water partition coefficient (Wildman–Crippen LogP) is 3.60. The molecule has 2 aliphatic heterocycles. The molecule has 0 aliphatic carbocycles. The molecule has 0 unspecified atom stereocenters. The van der Waals surface area contributed by atoms with Crippen molar-refractivity contribution < 1.29 is 19.1 Å². The maximum atomic E-state index is 12.1. The summed E-state index contributed by atoms with van der Waals surface area (Å²) in [5.41, 5.74) is 4.43. The van der Waals surface area contributed by atoms with Crippen LogP contribution < -0.4 is 20.4 Å². The van der Waals surface area contributed by atoms with Gasteiger partial charge in [-0.25, -0.2) is 29.5 Å². The number of urea groups is 1. The molecule has 5 rings (SSSR count). The van der Waals surface area contributed by atoms with Crippen molar-refractivity contribution in [1.29, 1.82) is 0 Å². The van der Waals surface area contributed by atoms with Crippen LogP contribution in [-0.2, 0) is 22.4 Å². The number of ether oxygens (including phenoxy) is 2. The third kappa shape index (κ3) is 7.07. The number of esters is 1. The molecule has 2 aromatic heterocycles. The maximum absolute atomic E-state index is 12.1. The minimum Gasteiger partial charge on any atom is -0.464 e. The smallest absolute Gasteiger partial charge is 0.356 e. The monoisotopic (exact) mass is 562 g/mol. The van der Waals surface area contributed by atoms with Gasteiger partial charge in [0.25, 0.3) is 0 Å². The number of amides is 2. The zero-order valence-corrected chi connectivity index (χ0v) is 24.4. The number of nitrogens with zero attached hydrogens (tertiary/aromatic N) is 6. The van der Waals surface area contributed by atoms with Crippen molar-refractivity contribution >= 4 is 29.5 Å². The number of fused-ring (bicyclic) bond motifs is 1. The number of aryl methyl sites for hydroxylation is 1. The number of aromatic nitrogens is 4. The topological polar surface area (TPSA) is 135 Å². The second kappa shape index (κ2) is 13.8. The molecule has 2 N–H and O–H groups in total. The van der Waals surface area contributed by atoms with Crippen LogP contribution in [0.5, 0.6) is 0 Å². The summed E-state index contributed by atoms with van der Waals surface area (Å²) >= 11 is 0. The van der Waals surface area contributed by atoms with Gasteiger partial charge >= 0.3 is 12.0 Å². The Morgan fingerprint density at radius 3 is 2.41 bits per heavy atom. The standard InChI is InChI=1S/C27H32N8O4.C2H6/c1-4-28-27(37)30-19-7-5-18(6-8-19)23-31-22-16-35(26-29-17(2)15-21(32-26)25(36)38-3)10-9-20(22)24(33-23)34-11-13-39-14-12-34;1-2/h5-8,15H,4,9-14,16H2,1-3H3,(H2,28,30,37);1-2H3. The van der Waals surface area contributed by atoms with E-state index < -0.39 is 5.97 Å². The summed E-state index contributed by atoms with van der Waals surface area (Å²) in [6, 6.07) is 8.85. The van der Waals surface area contributed by atoms with E-state index >= 15 is 0 Å². The van der Waals surface area contributed by atoms with Crippen molar-refractivity contribution in [2.24, 2.45) is 0 Å². The van der Waals surface area contributed by atoms with Gasteiger partial charge in [-0.2, -0.15) is 0 Å². The molecule has 0 bridgehead atoms. The third-order valence-corrected chi connectivity index (χ3v) is 6.61. The van der Waals surface area contributed by atoms with Gasteiger partial charge in [0.2, 0.25) is 5.95 Å². The highest BCUT2D eigenvalue weighted by Crippen LogP contribution is 2.31. The van der Waals surface area contributed by atoms with E-state index in [0.717, 1.165) is 35.7 Å². The molecule has 4 heterocycles. The Balaban J connectivity index is 0.00000189. The summed E-state index contributed by atoms with van der Waals surface area (Å²) in [6.45, 7) is 12.2. The second-order valence-electron chi connectivity index (χ2n) is 9.31. The van der Waals surface area contributed by atoms with Gasteiger partial charge in [-0.1, -0.05) is 13.8 Å². The van der Waals surface area contributed by atoms with Gasteiger partial charge < -0.3 is 29.9 Å². The number of rotatable bonds is 6. The summed E-state index contributed by atoms with van der Waals surface area (Å²) in [5, 5.41) is 5.53. The Labute approximate surface area is 240 Å². The molecular weight excluding hydrogens is 524 g/mol. The number of morpholine rings is 1. The number of hydrogen-bond donors (Lipinski definition) is 2. The van der Waals surface area contributed by atoms with Crippen LogP contribution in [0.3, 0.4) is 0 Å². The van der Waals surface area contributed by atoms with Crippen LogP contribution in [0.4, 0.5) is 22.2 Å². The Morgan fingerprint density at radius 1 is 1.00 bits per heavy atom. The molecular formula is C29H38N8O4. The normalized spacial score (nSPS) is 14.4. The highest BCUT2D eigenvalue weighted by atomic mass is 16.5. The molecule has 218 valence electrons. The summed E-state index contributed by atoms with van der Waals surface area (Å²) < 4.78 is 10.4. The number of carbonyl (C=O) groups is 2. The number of anilines is 3. The molecule has 2 aliphatic rings. The van der Waals surface area contributed by atoms with Crippen molar-refractivity contribution in [1.82, 2.24) is 25.3 Å². The van der Waals surface area contributed by atoms with E-state index in [9.17, 15) is 9.59 Å². The minimum absolute atomic E-state index is 0.226. The molecule has 41 heavy (non-hydrogen) atoms. The number of carbonyl (C=O) groups excluding carboxylic acids is 2. The van der Waals surface area contributed by atoms with E-state index in [1.807, 2.05) is 56.9 Å². The number of nitrogens with one attached hydrogen (secondary N) is 2. The molecule has 12 nitrogen and oxygen atoms in total. The fourth-order valence-corrected chi connectivity index (χ4v) is 4.69. The molecule has 0 saturated carbocycles. The lowest BCUT2D eigenvalue weighted by Crippen LogP contribution is -2.40. The van der Waals surface area contributed by atoms with Crippen molar-refractivity contribution in [2.45, 2.75) is 40.7 Å². The Morgan fingerprint density at radius 2 is 1.73 bits per heavy atom. The number of hydrogen-bond acceptors (Lipinski definition) is 10. The first-order valence-electron chi connectivity index (χ1n) is 14.0. The Bertz CT molecular complexity index is 1360. The first-order chi connectivity index (χ1) is 19.9. The molecule has 3 aromatic rings. The van der Waals surface area contributed by atoms with Crippen LogP contribution >= 0.6 is 0 Å². The molecule has 0 atom stereocenters. The lowest BCUT2D eigenvalue weighted by atomic mass is 10.0. The molecule has 1 fully saturated rings. The predicted molar refractivity (Wildman–Crippen MR) is 157 cm³/mol. The van der Waals surface area contributed by atoms with E-state index in [4.69, 9.17) is 19.4 Å². The van der Waals surface area contributed by atoms with Crippen LogP contribution in [0.15, 0.2) is 30.3 Å². The minimum atomic E-state index is -0.497. The summed E-state index contributed by atoms with van der Waals surface area (Å²) in [4.78, 5) is 47.4. The highest BCUT2D eigenvalue weighted by Gasteiger charge is 2.28. The van der Waals surface area contributed by atoms with Crippen LogP contribution in [0.2, 0.25) is 0 Å². The van der Waals surface area contributed by atoms with Crippen molar-refractivity contribution in [3.05, 3.63) is 53.0 Å². The van der Waals surface area contributed by atoms with Gasteiger partial charge in [-0.15, -0.1) is 0 Å². The van der Waals surface area contributed by atoms with E-state index in [0.29, 0.717) is 62.4 Å². The van der Waals surface area contributed by atoms with Crippen LogP contribution in [0, 0.1) is 6.92 Å². The Kier molecular flexibility index (Phi) is 10.0. The first-order valence-corrected chi connectivity index (χ1v) is 14.0. The summed E-state index contributed by atoms with van der Waals surface area (Å²) in [7, 11) is 1.34. The van der Waals surface area contributed by atoms with Crippen LogP contribution in [0.25, 0.3) is 11.4 Å². The largest absolute Gasteiger partial charge is 0.464 e. The lowest BCUT2D eigenvalue weighted by molar-refractivity contribution is 0.0593. The van der Waals surface area contributed by atoms with Crippen molar-refractivity contribution in [3.63, 3.8) is 0 Å². The lowest BCUT2D eigenvalue weighted by Gasteiger charge is -2.34. The molecule has 1 saturated heterocycles. The summed E-state index contributed by atoms with van der Waals surface area (Å²) in [5.74, 6) is 1.49. The third-order valence-electron chi connectivity index (χ3n) is 6.61. The van der Waals surface area contributed by atoms with Gasteiger partial charge in [0, 0.05) is 48.7 Å². The van der Waals surface area contributed by atoms with E-state index in [-0.39, 0.29) is 11.7 Å². The molecule has 2 amide bonds. The fraction of sp³-hybridized carbons (Fsp3) is 0.448. The maximum Gasteiger partial charge on any atom is 0.356 e. The number of methoxy groups -OCH3 is 1. The average Bonchev–Trinajstić information content (AvgIpc) is 3.01. The second-order valence-corrected chi connectivity index (χ2v) is 9.31. The average molecular weight is 563 g/mol. The fourth-order valence-electron chi connectivity index (χ4n) is 4.69. The van der Waals surface area contributed by atoms with Crippen LogP contribution in [0.1, 0.15) is 48.2 Å². The number of benzene rings is 1. The quantitative estimate of drug-likeness (QED) is 0.429. The molecule has 1 aromatic carbocycles. The SMILES string of the molecule is CC.CCNC(=O)Nc1ccc(-c2nc3c(c(N4CCOCC4)n2)CCN(c2nc(C)cc(C(=O)OC)n2)C3)cc1. The van der Waals surface area contributed by atoms with E-state index in [1.165, 1.54) is 7.11 Å². The van der Waals surface area contributed by atoms with Gasteiger partial charge in [0.05, 0.1) is 32.6 Å². The van der Waals surface area contributed by atoms with E-state index in [2.05, 4.69) is 25.5 Å². The van der Waals surface area contributed by atoms with Crippen molar-refractivity contribution in [3.8, 4) is 11.4 Å². The van der Waals surface area contributed by atoms with Gasteiger partial charge in [-0.05, 0) is 50.6 Å². The molecule has 12 heteroatoms. The first kappa shape index (κ1) is 29.7. The van der Waals surface area contributed by atoms with Gasteiger partial charge in [-0.3, -0.25) is 0 Å². The zero-order valence-electron chi connectivity index (χ0n) is 24.4. The van der Waals surface area contributed by atoms with E-state index in [1.54, 1.807) is 6.07 Å².